The van der Waals surface area contributed by atoms with Crippen molar-refractivity contribution >= 4 is 15.5 Å². The number of para-hydroxylation sites is 1. The van der Waals surface area contributed by atoms with Crippen molar-refractivity contribution in [1.29, 1.82) is 0 Å². The average Bonchev–Trinajstić information content (AvgIpc) is 2.84. The van der Waals surface area contributed by atoms with Crippen LogP contribution in [0.1, 0.15) is 29.6 Å². The first-order valence-electron chi connectivity index (χ1n) is 6.36. The molecule has 20 heavy (non-hydrogen) atoms. The molecule has 1 unspecified atom stereocenters. The van der Waals surface area contributed by atoms with Crippen LogP contribution in [0.25, 0.3) is 0 Å². The quantitative estimate of drug-likeness (QED) is 0.924. The van der Waals surface area contributed by atoms with Crippen molar-refractivity contribution in [3.05, 3.63) is 41.5 Å². The van der Waals surface area contributed by atoms with E-state index in [2.05, 4.69) is 15.5 Å². The van der Waals surface area contributed by atoms with Crippen molar-refractivity contribution in [1.82, 2.24) is 10.1 Å². The van der Waals surface area contributed by atoms with Gasteiger partial charge in [-0.15, -0.1) is 0 Å². The maximum absolute atomic E-state index is 11.3. The van der Waals surface area contributed by atoms with Gasteiger partial charge in [-0.1, -0.05) is 23.4 Å². The number of sulfone groups is 1. The Kier molecular flexibility index (Phi) is 3.21. The van der Waals surface area contributed by atoms with Crippen molar-refractivity contribution in [3.63, 3.8) is 0 Å². The molecule has 2 aromatic rings. The summed E-state index contributed by atoms with van der Waals surface area (Å²) in [6, 6.07) is 7.96. The first-order valence-corrected chi connectivity index (χ1v) is 8.42. The van der Waals surface area contributed by atoms with E-state index in [9.17, 15) is 8.42 Å². The molecule has 7 heteroatoms. The summed E-state index contributed by atoms with van der Waals surface area (Å²) < 4.78 is 27.8. The predicted molar refractivity (Wildman–Crippen MR) is 74.2 cm³/mol. The zero-order chi connectivity index (χ0) is 14.2. The van der Waals surface area contributed by atoms with E-state index in [1.165, 1.54) is 0 Å². The van der Waals surface area contributed by atoms with E-state index < -0.39 is 9.84 Å². The van der Waals surface area contributed by atoms with Crippen molar-refractivity contribution in [3.8, 4) is 0 Å². The number of hydrogen-bond acceptors (Lipinski definition) is 6. The molecule has 0 bridgehead atoms. The first-order chi connectivity index (χ1) is 9.53. The molecule has 0 spiro atoms. The number of rotatable bonds is 3. The minimum Gasteiger partial charge on any atom is -0.385 e. The van der Waals surface area contributed by atoms with Gasteiger partial charge >= 0.3 is 0 Å². The Labute approximate surface area is 117 Å². The largest absolute Gasteiger partial charge is 0.385 e. The normalized spacial score (nSPS) is 18.4. The van der Waals surface area contributed by atoms with Gasteiger partial charge in [0.05, 0.1) is 5.92 Å². The molecule has 1 aromatic carbocycles. The van der Waals surface area contributed by atoms with E-state index in [0.717, 1.165) is 30.5 Å². The first kappa shape index (κ1) is 13.1. The highest BCUT2D eigenvalue weighted by Crippen LogP contribution is 2.35. The molecule has 1 N–H and O–H groups in total. The van der Waals surface area contributed by atoms with Crippen LogP contribution < -0.4 is 5.32 Å². The third-order valence-corrected chi connectivity index (χ3v) is 4.04. The monoisotopic (exact) mass is 293 g/mol. The third-order valence-electron chi connectivity index (χ3n) is 3.26. The molecule has 0 radical (unpaired) electrons. The second-order valence-corrected chi connectivity index (χ2v) is 7.11. The molecule has 0 saturated heterocycles. The fraction of sp³-hybridized carbons (Fsp3) is 0.385. The molecular weight excluding hydrogens is 278 g/mol. The topological polar surface area (TPSA) is 85.1 Å². The van der Waals surface area contributed by atoms with Gasteiger partial charge in [-0.3, -0.25) is 0 Å². The number of benzene rings is 1. The lowest BCUT2D eigenvalue weighted by molar-refractivity contribution is 0.357. The Morgan fingerprint density at radius 2 is 2.20 bits per heavy atom. The van der Waals surface area contributed by atoms with Crippen LogP contribution in [0, 0.1) is 0 Å². The maximum atomic E-state index is 11.3. The highest BCUT2D eigenvalue weighted by molar-refractivity contribution is 7.89. The summed E-state index contributed by atoms with van der Waals surface area (Å²) in [7, 11) is -3.15. The molecular formula is C13H15N3O3S. The molecule has 106 valence electrons. The molecule has 2 heterocycles. The van der Waals surface area contributed by atoms with Crippen LogP contribution >= 0.6 is 0 Å². The second-order valence-electron chi connectivity index (χ2n) is 4.97. The van der Waals surface area contributed by atoms with Crippen LogP contribution in [0.3, 0.4) is 0 Å². The maximum Gasteiger partial charge on any atom is 0.234 e. The fourth-order valence-electron chi connectivity index (χ4n) is 2.43. The smallest absolute Gasteiger partial charge is 0.234 e. The minimum absolute atomic E-state index is 0.0215. The van der Waals surface area contributed by atoms with Gasteiger partial charge in [-0.25, -0.2) is 8.42 Å². The van der Waals surface area contributed by atoms with Gasteiger partial charge in [0.1, 0.15) is 5.75 Å². The zero-order valence-electron chi connectivity index (χ0n) is 11.0. The highest BCUT2D eigenvalue weighted by atomic mass is 32.2. The van der Waals surface area contributed by atoms with Gasteiger partial charge in [0.15, 0.2) is 15.7 Å². The molecule has 1 aromatic heterocycles. The minimum atomic E-state index is -3.15. The van der Waals surface area contributed by atoms with E-state index in [-0.39, 0.29) is 17.5 Å². The Bertz CT molecular complexity index is 724. The van der Waals surface area contributed by atoms with Crippen LogP contribution in [-0.4, -0.2) is 31.4 Å². The Hall–Kier alpha value is -1.89. The number of hydrogen-bond donors (Lipinski definition) is 1. The van der Waals surface area contributed by atoms with Gasteiger partial charge in [0.25, 0.3) is 0 Å². The molecule has 1 atom stereocenters. The zero-order valence-corrected chi connectivity index (χ0v) is 11.9. The Morgan fingerprint density at radius 3 is 3.00 bits per heavy atom. The Morgan fingerprint density at radius 1 is 1.40 bits per heavy atom. The lowest BCUT2D eigenvalue weighted by atomic mass is 9.91. The van der Waals surface area contributed by atoms with Gasteiger partial charge in [0.2, 0.25) is 5.89 Å². The number of fused-ring (bicyclic) bond motifs is 1. The molecule has 0 amide bonds. The van der Waals surface area contributed by atoms with Gasteiger partial charge in [0, 0.05) is 18.5 Å². The SMILES string of the molecule is CS(=O)(=O)Cc1noc(C2CCNc3ccccc32)n1. The van der Waals surface area contributed by atoms with E-state index >= 15 is 0 Å². The van der Waals surface area contributed by atoms with Crippen molar-refractivity contribution in [2.75, 3.05) is 18.1 Å². The van der Waals surface area contributed by atoms with Crippen LogP contribution in [0.15, 0.2) is 28.8 Å². The summed E-state index contributed by atoms with van der Waals surface area (Å²) >= 11 is 0. The van der Waals surface area contributed by atoms with E-state index in [1.54, 1.807) is 0 Å². The summed E-state index contributed by atoms with van der Waals surface area (Å²) in [4.78, 5) is 4.23. The lowest BCUT2D eigenvalue weighted by Gasteiger charge is -2.23. The molecule has 3 rings (SSSR count). The summed E-state index contributed by atoms with van der Waals surface area (Å²) in [6.45, 7) is 0.825. The predicted octanol–water partition coefficient (Wildman–Crippen LogP) is 1.56. The van der Waals surface area contributed by atoms with Crippen LogP contribution in [0.2, 0.25) is 0 Å². The van der Waals surface area contributed by atoms with Crippen LogP contribution in [0.5, 0.6) is 0 Å². The molecule has 0 aliphatic carbocycles. The molecule has 1 aliphatic heterocycles. The number of nitrogens with one attached hydrogen (secondary N) is 1. The van der Waals surface area contributed by atoms with Crippen LogP contribution in [0.4, 0.5) is 5.69 Å². The number of nitrogens with zero attached hydrogens (tertiary/aromatic N) is 2. The van der Waals surface area contributed by atoms with Gasteiger partial charge in [-0.2, -0.15) is 4.98 Å². The van der Waals surface area contributed by atoms with Gasteiger partial charge < -0.3 is 9.84 Å². The van der Waals surface area contributed by atoms with E-state index in [0.29, 0.717) is 5.89 Å². The van der Waals surface area contributed by atoms with Crippen molar-refractivity contribution in [2.45, 2.75) is 18.1 Å². The van der Waals surface area contributed by atoms with Crippen LogP contribution in [-0.2, 0) is 15.6 Å². The molecule has 0 fully saturated rings. The summed E-state index contributed by atoms with van der Waals surface area (Å²) in [5.41, 5.74) is 2.17. The van der Waals surface area contributed by atoms with Crippen molar-refractivity contribution in [2.24, 2.45) is 0 Å². The molecule has 0 saturated carbocycles. The Balaban J connectivity index is 1.91. The number of aromatic nitrogens is 2. The average molecular weight is 293 g/mol. The van der Waals surface area contributed by atoms with Gasteiger partial charge in [-0.05, 0) is 18.1 Å². The summed E-state index contributed by atoms with van der Waals surface area (Å²) in [6.07, 6.45) is 2.00. The highest BCUT2D eigenvalue weighted by Gasteiger charge is 2.26. The van der Waals surface area contributed by atoms with E-state index in [4.69, 9.17) is 4.52 Å². The standard InChI is InChI=1S/C13H15N3O3S/c1-20(17,18)8-12-15-13(19-16-12)10-6-7-14-11-5-3-2-4-9(10)11/h2-5,10,14H,6-8H2,1H3. The van der Waals surface area contributed by atoms with Crippen molar-refractivity contribution < 1.29 is 12.9 Å². The molecule has 6 nitrogen and oxygen atoms in total. The van der Waals surface area contributed by atoms with E-state index in [1.807, 2.05) is 24.3 Å². The molecule has 1 aliphatic rings. The lowest BCUT2D eigenvalue weighted by Crippen LogP contribution is -2.17. The summed E-state index contributed by atoms with van der Waals surface area (Å²) in [5, 5.41) is 7.09. The third kappa shape index (κ3) is 2.67. The number of anilines is 1. The fourth-order valence-corrected chi connectivity index (χ4v) is 3.01. The second kappa shape index (κ2) is 4.90. The summed E-state index contributed by atoms with van der Waals surface area (Å²) in [5.74, 6) is 0.535.